The van der Waals surface area contributed by atoms with Gasteiger partial charge in [0.25, 0.3) is 0 Å². The quantitative estimate of drug-likeness (QED) is 0.781. The van der Waals surface area contributed by atoms with Crippen molar-refractivity contribution in [3.63, 3.8) is 0 Å². The predicted molar refractivity (Wildman–Crippen MR) is 84.2 cm³/mol. The molecule has 0 heterocycles. The topological polar surface area (TPSA) is 50.7 Å². The van der Waals surface area contributed by atoms with Gasteiger partial charge in [-0.05, 0) is 41.8 Å². The van der Waals surface area contributed by atoms with Crippen molar-refractivity contribution in [1.82, 2.24) is 0 Å². The SMILES string of the molecule is COc1ccc(CNc2ccc(CCO)cc2)cc1OC(F)F. The second-order valence-corrected chi connectivity index (χ2v) is 4.89. The minimum atomic E-state index is -2.90. The number of nitrogens with one attached hydrogen (secondary N) is 1. The summed E-state index contributed by atoms with van der Waals surface area (Å²) in [5, 5.41) is 12.1. The smallest absolute Gasteiger partial charge is 0.387 e. The zero-order valence-corrected chi connectivity index (χ0v) is 12.8. The molecule has 2 aromatic carbocycles. The first kappa shape index (κ1) is 17.0. The molecule has 0 unspecified atom stereocenters. The van der Waals surface area contributed by atoms with Gasteiger partial charge in [0.15, 0.2) is 11.5 Å². The van der Waals surface area contributed by atoms with E-state index in [9.17, 15) is 8.78 Å². The molecule has 0 bridgehead atoms. The number of alkyl halides is 2. The Morgan fingerprint density at radius 2 is 1.74 bits per heavy atom. The van der Waals surface area contributed by atoms with Crippen LogP contribution in [0.2, 0.25) is 0 Å². The van der Waals surface area contributed by atoms with Gasteiger partial charge in [0.2, 0.25) is 0 Å². The molecule has 2 N–H and O–H groups in total. The molecule has 23 heavy (non-hydrogen) atoms. The first-order valence-corrected chi connectivity index (χ1v) is 7.17. The number of anilines is 1. The minimum Gasteiger partial charge on any atom is -0.493 e. The van der Waals surface area contributed by atoms with Gasteiger partial charge >= 0.3 is 6.61 Å². The van der Waals surface area contributed by atoms with E-state index in [1.165, 1.54) is 13.2 Å². The first-order valence-electron chi connectivity index (χ1n) is 7.17. The summed E-state index contributed by atoms with van der Waals surface area (Å²) in [6, 6.07) is 12.6. The molecule has 0 spiro atoms. The van der Waals surface area contributed by atoms with Gasteiger partial charge < -0.3 is 19.9 Å². The van der Waals surface area contributed by atoms with E-state index in [1.807, 2.05) is 24.3 Å². The minimum absolute atomic E-state index is 0.0140. The number of aliphatic hydroxyl groups is 1. The van der Waals surface area contributed by atoms with E-state index in [2.05, 4.69) is 10.1 Å². The Balaban J connectivity index is 2.02. The van der Waals surface area contributed by atoms with Crippen molar-refractivity contribution in [1.29, 1.82) is 0 Å². The van der Waals surface area contributed by atoms with Gasteiger partial charge in [-0.15, -0.1) is 0 Å². The molecule has 124 valence electrons. The normalized spacial score (nSPS) is 10.7. The van der Waals surface area contributed by atoms with Crippen LogP contribution in [0.15, 0.2) is 42.5 Å². The fraction of sp³-hybridized carbons (Fsp3) is 0.294. The van der Waals surface area contributed by atoms with Crippen LogP contribution >= 0.6 is 0 Å². The van der Waals surface area contributed by atoms with E-state index >= 15 is 0 Å². The maximum atomic E-state index is 12.4. The van der Waals surface area contributed by atoms with Crippen LogP contribution in [-0.2, 0) is 13.0 Å². The average molecular weight is 323 g/mol. The largest absolute Gasteiger partial charge is 0.493 e. The van der Waals surface area contributed by atoms with E-state index in [4.69, 9.17) is 9.84 Å². The van der Waals surface area contributed by atoms with Gasteiger partial charge in [-0.3, -0.25) is 0 Å². The zero-order valence-electron chi connectivity index (χ0n) is 12.8. The van der Waals surface area contributed by atoms with Gasteiger partial charge in [0.05, 0.1) is 7.11 Å². The van der Waals surface area contributed by atoms with Gasteiger partial charge in [0.1, 0.15) is 0 Å². The Labute approximate surface area is 133 Å². The van der Waals surface area contributed by atoms with E-state index in [1.54, 1.807) is 12.1 Å². The highest BCUT2D eigenvalue weighted by atomic mass is 19.3. The third-order valence-corrected chi connectivity index (χ3v) is 3.30. The lowest BCUT2D eigenvalue weighted by molar-refractivity contribution is -0.0512. The summed E-state index contributed by atoms with van der Waals surface area (Å²) >= 11 is 0. The van der Waals surface area contributed by atoms with E-state index in [0.29, 0.717) is 13.0 Å². The molecule has 2 aromatic rings. The molecule has 6 heteroatoms. The highest BCUT2D eigenvalue weighted by Gasteiger charge is 2.11. The lowest BCUT2D eigenvalue weighted by atomic mass is 10.1. The van der Waals surface area contributed by atoms with Crippen molar-refractivity contribution in [3.8, 4) is 11.5 Å². The van der Waals surface area contributed by atoms with Crippen LogP contribution in [0.1, 0.15) is 11.1 Å². The Bertz CT molecular complexity index is 618. The number of rotatable bonds is 8. The van der Waals surface area contributed by atoms with Gasteiger partial charge in [-0.25, -0.2) is 0 Å². The Hall–Kier alpha value is -2.34. The maximum absolute atomic E-state index is 12.4. The summed E-state index contributed by atoms with van der Waals surface area (Å²) in [6.07, 6.45) is 0.618. The zero-order chi connectivity index (χ0) is 16.7. The van der Waals surface area contributed by atoms with Crippen molar-refractivity contribution in [2.24, 2.45) is 0 Å². The van der Waals surface area contributed by atoms with Crippen LogP contribution in [0.5, 0.6) is 11.5 Å². The number of methoxy groups -OCH3 is 1. The highest BCUT2D eigenvalue weighted by molar-refractivity contribution is 5.47. The maximum Gasteiger partial charge on any atom is 0.387 e. The second kappa shape index (κ2) is 8.33. The molecule has 4 nitrogen and oxygen atoms in total. The van der Waals surface area contributed by atoms with Gasteiger partial charge in [-0.1, -0.05) is 18.2 Å². The monoisotopic (exact) mass is 323 g/mol. The fourth-order valence-electron chi connectivity index (χ4n) is 2.14. The molecule has 0 aromatic heterocycles. The fourth-order valence-corrected chi connectivity index (χ4v) is 2.14. The summed E-state index contributed by atoms with van der Waals surface area (Å²) in [4.78, 5) is 0. The van der Waals surface area contributed by atoms with Crippen molar-refractivity contribution in [3.05, 3.63) is 53.6 Å². The summed E-state index contributed by atoms with van der Waals surface area (Å²) in [5.74, 6) is 0.280. The number of hydrogen-bond acceptors (Lipinski definition) is 4. The van der Waals surface area contributed by atoms with Crippen molar-refractivity contribution in [2.75, 3.05) is 19.0 Å². The Morgan fingerprint density at radius 3 is 2.35 bits per heavy atom. The lowest BCUT2D eigenvalue weighted by Crippen LogP contribution is -2.05. The van der Waals surface area contributed by atoms with Gasteiger partial charge in [0, 0.05) is 18.8 Å². The van der Waals surface area contributed by atoms with E-state index in [0.717, 1.165) is 16.8 Å². The van der Waals surface area contributed by atoms with Gasteiger partial charge in [-0.2, -0.15) is 8.78 Å². The molecule has 0 saturated heterocycles. The van der Waals surface area contributed by atoms with Crippen LogP contribution < -0.4 is 14.8 Å². The molecule has 2 rings (SSSR count). The Morgan fingerprint density at radius 1 is 1.04 bits per heavy atom. The molecule has 0 saturated carbocycles. The second-order valence-electron chi connectivity index (χ2n) is 4.89. The Kier molecular flexibility index (Phi) is 6.17. The van der Waals surface area contributed by atoms with Crippen LogP contribution in [0, 0.1) is 0 Å². The number of ether oxygens (including phenoxy) is 2. The average Bonchev–Trinajstić information content (AvgIpc) is 2.54. The molecule has 0 amide bonds. The lowest BCUT2D eigenvalue weighted by Gasteiger charge is -2.12. The highest BCUT2D eigenvalue weighted by Crippen LogP contribution is 2.29. The third-order valence-electron chi connectivity index (χ3n) is 3.30. The van der Waals surface area contributed by atoms with Crippen molar-refractivity contribution >= 4 is 5.69 Å². The van der Waals surface area contributed by atoms with Crippen molar-refractivity contribution in [2.45, 2.75) is 19.6 Å². The molecule has 0 aliphatic rings. The number of hydrogen-bond donors (Lipinski definition) is 2. The molecule has 0 aliphatic carbocycles. The molecule has 0 atom stereocenters. The summed E-state index contributed by atoms with van der Waals surface area (Å²) in [5.41, 5.74) is 2.75. The molecular formula is C17H19F2NO3. The van der Waals surface area contributed by atoms with Crippen LogP contribution in [0.25, 0.3) is 0 Å². The first-order chi connectivity index (χ1) is 11.1. The molecule has 0 radical (unpaired) electrons. The van der Waals surface area contributed by atoms with E-state index < -0.39 is 6.61 Å². The molecular weight excluding hydrogens is 304 g/mol. The molecule has 0 fully saturated rings. The van der Waals surface area contributed by atoms with Crippen LogP contribution in [0.4, 0.5) is 14.5 Å². The van der Waals surface area contributed by atoms with Crippen LogP contribution in [-0.4, -0.2) is 25.4 Å². The number of benzene rings is 2. The molecule has 0 aliphatic heterocycles. The summed E-state index contributed by atoms with van der Waals surface area (Å²) < 4.78 is 34.3. The van der Waals surface area contributed by atoms with Crippen molar-refractivity contribution < 1.29 is 23.4 Å². The third kappa shape index (κ3) is 5.10. The predicted octanol–water partition coefficient (Wildman–Crippen LogP) is 3.44. The summed E-state index contributed by atoms with van der Waals surface area (Å²) in [7, 11) is 1.40. The van der Waals surface area contributed by atoms with Crippen LogP contribution in [0.3, 0.4) is 0 Å². The summed E-state index contributed by atoms with van der Waals surface area (Å²) in [6.45, 7) is -2.32. The standard InChI is InChI=1S/C17H19F2NO3/c1-22-15-7-4-13(10-16(15)23-17(18)19)11-20-14-5-2-12(3-6-14)8-9-21/h2-7,10,17,20-21H,8-9,11H2,1H3. The number of halogens is 2. The number of aliphatic hydroxyl groups excluding tert-OH is 1. The van der Waals surface area contributed by atoms with E-state index in [-0.39, 0.29) is 18.1 Å².